The van der Waals surface area contributed by atoms with Crippen LogP contribution in [0.3, 0.4) is 0 Å². The van der Waals surface area contributed by atoms with Gasteiger partial charge in [-0.3, -0.25) is 0 Å². The van der Waals surface area contributed by atoms with E-state index >= 15 is 0 Å². The maximum Gasteiger partial charge on any atom is 0.146 e. The van der Waals surface area contributed by atoms with Gasteiger partial charge < -0.3 is 4.74 Å². The molecule has 1 aromatic carbocycles. The lowest BCUT2D eigenvalue weighted by Crippen LogP contribution is -2.12. The molecule has 0 bridgehead atoms. The third-order valence-corrected chi connectivity index (χ3v) is 6.28. The number of thiophene rings is 1. The molecule has 0 aliphatic heterocycles. The molecule has 1 heterocycles. The highest BCUT2D eigenvalue weighted by atomic mass is 32.1. The highest BCUT2D eigenvalue weighted by molar-refractivity contribution is 7.19. The van der Waals surface area contributed by atoms with Gasteiger partial charge in [0.15, 0.2) is 0 Å². The van der Waals surface area contributed by atoms with Gasteiger partial charge in [0.1, 0.15) is 5.82 Å². The molecule has 2 aromatic rings. The van der Waals surface area contributed by atoms with Gasteiger partial charge in [0.25, 0.3) is 0 Å². The van der Waals surface area contributed by atoms with E-state index in [-0.39, 0.29) is 5.82 Å². The third-order valence-electron chi connectivity index (χ3n) is 4.97. The summed E-state index contributed by atoms with van der Waals surface area (Å²) in [5.74, 6) is 1.46. The first-order valence-corrected chi connectivity index (χ1v) is 9.24. The average Bonchev–Trinajstić information content (AvgIpc) is 2.96. The molecule has 3 rings (SSSR count). The van der Waals surface area contributed by atoms with Crippen LogP contribution in [0.25, 0.3) is 10.1 Å². The van der Waals surface area contributed by atoms with Crippen LogP contribution >= 0.6 is 11.3 Å². The van der Waals surface area contributed by atoms with Gasteiger partial charge in [-0.15, -0.1) is 11.3 Å². The van der Waals surface area contributed by atoms with E-state index in [2.05, 4.69) is 13.0 Å². The molecule has 0 radical (unpaired) electrons. The highest BCUT2D eigenvalue weighted by Gasteiger charge is 2.24. The SMILES string of the molecule is CCCC1CCC(c2cc3ccc(COC)c(F)c3s2)CC1. The van der Waals surface area contributed by atoms with Crippen molar-refractivity contribution in [2.45, 2.75) is 58.0 Å². The molecule has 3 heteroatoms. The van der Waals surface area contributed by atoms with Crippen molar-refractivity contribution in [3.05, 3.63) is 34.5 Å². The van der Waals surface area contributed by atoms with Crippen LogP contribution in [0.4, 0.5) is 4.39 Å². The molecule has 0 spiro atoms. The number of hydrogen-bond donors (Lipinski definition) is 0. The van der Waals surface area contributed by atoms with Crippen LogP contribution in [-0.4, -0.2) is 7.11 Å². The molecule has 1 nitrogen and oxygen atoms in total. The average molecular weight is 320 g/mol. The molecule has 0 amide bonds. The number of halogens is 1. The van der Waals surface area contributed by atoms with E-state index in [1.165, 1.54) is 43.4 Å². The highest BCUT2D eigenvalue weighted by Crippen LogP contribution is 2.42. The van der Waals surface area contributed by atoms with E-state index in [9.17, 15) is 4.39 Å². The van der Waals surface area contributed by atoms with Gasteiger partial charge in [0.2, 0.25) is 0 Å². The van der Waals surface area contributed by atoms with Crippen LogP contribution in [-0.2, 0) is 11.3 Å². The quantitative estimate of drug-likeness (QED) is 0.631. The smallest absolute Gasteiger partial charge is 0.146 e. The van der Waals surface area contributed by atoms with Crippen LogP contribution in [0, 0.1) is 11.7 Å². The number of methoxy groups -OCH3 is 1. The molecule has 1 aliphatic rings. The van der Waals surface area contributed by atoms with Gasteiger partial charge in [0.05, 0.1) is 11.3 Å². The number of benzene rings is 1. The van der Waals surface area contributed by atoms with E-state index in [4.69, 9.17) is 4.74 Å². The molecular formula is C19H25FOS. The zero-order chi connectivity index (χ0) is 15.5. The summed E-state index contributed by atoms with van der Waals surface area (Å²) in [5.41, 5.74) is 0.662. The summed E-state index contributed by atoms with van der Waals surface area (Å²) >= 11 is 1.65. The Bertz CT molecular complexity index is 626. The minimum atomic E-state index is -0.0877. The Kier molecular flexibility index (Phi) is 5.14. The van der Waals surface area contributed by atoms with E-state index in [0.717, 1.165) is 16.0 Å². The first-order chi connectivity index (χ1) is 10.7. The summed E-state index contributed by atoms with van der Waals surface area (Å²) in [4.78, 5) is 1.37. The fourth-order valence-corrected chi connectivity index (χ4v) is 5.03. The second-order valence-electron chi connectivity index (χ2n) is 6.55. The summed E-state index contributed by atoms with van der Waals surface area (Å²) in [6, 6.07) is 6.11. The minimum Gasteiger partial charge on any atom is -0.380 e. The lowest BCUT2D eigenvalue weighted by molar-refractivity contribution is 0.182. The van der Waals surface area contributed by atoms with Gasteiger partial charge in [-0.1, -0.05) is 31.9 Å². The van der Waals surface area contributed by atoms with Crippen LogP contribution < -0.4 is 0 Å². The Morgan fingerprint density at radius 1 is 1.23 bits per heavy atom. The fourth-order valence-electron chi connectivity index (χ4n) is 3.74. The largest absolute Gasteiger partial charge is 0.380 e. The first kappa shape index (κ1) is 15.9. The zero-order valence-electron chi connectivity index (χ0n) is 13.5. The minimum absolute atomic E-state index is 0.0877. The van der Waals surface area contributed by atoms with Crippen molar-refractivity contribution in [1.29, 1.82) is 0 Å². The number of fused-ring (bicyclic) bond motifs is 1. The summed E-state index contributed by atoms with van der Waals surface area (Å²) < 4.78 is 20.4. The predicted octanol–water partition coefficient (Wildman–Crippen LogP) is 6.26. The van der Waals surface area contributed by atoms with Crippen LogP contribution in [0.5, 0.6) is 0 Å². The molecule has 1 fully saturated rings. The summed E-state index contributed by atoms with van der Waals surface area (Å²) in [6.45, 7) is 2.62. The molecule has 1 aromatic heterocycles. The van der Waals surface area contributed by atoms with E-state index < -0.39 is 0 Å². The summed E-state index contributed by atoms with van der Waals surface area (Å²) in [6.07, 6.45) is 7.88. The van der Waals surface area contributed by atoms with Gasteiger partial charge in [0, 0.05) is 17.6 Å². The number of rotatable bonds is 5. The topological polar surface area (TPSA) is 9.23 Å². The van der Waals surface area contributed by atoms with E-state index in [1.54, 1.807) is 18.4 Å². The summed E-state index contributed by atoms with van der Waals surface area (Å²) in [5, 5.41) is 1.05. The molecule has 120 valence electrons. The Labute approximate surface area is 136 Å². The molecule has 0 saturated heterocycles. The summed E-state index contributed by atoms with van der Waals surface area (Å²) in [7, 11) is 1.61. The molecule has 22 heavy (non-hydrogen) atoms. The van der Waals surface area contributed by atoms with E-state index in [0.29, 0.717) is 18.1 Å². The van der Waals surface area contributed by atoms with Crippen LogP contribution in [0.15, 0.2) is 18.2 Å². The normalized spacial score (nSPS) is 22.3. The Morgan fingerprint density at radius 3 is 2.68 bits per heavy atom. The first-order valence-electron chi connectivity index (χ1n) is 8.42. The second-order valence-corrected chi connectivity index (χ2v) is 7.63. The molecule has 1 saturated carbocycles. The van der Waals surface area contributed by atoms with Gasteiger partial charge in [-0.2, -0.15) is 0 Å². The Morgan fingerprint density at radius 2 is 2.00 bits per heavy atom. The monoisotopic (exact) mass is 320 g/mol. The number of ether oxygens (including phenoxy) is 1. The maximum atomic E-state index is 14.5. The van der Waals surface area contributed by atoms with Crippen LogP contribution in [0.2, 0.25) is 0 Å². The second kappa shape index (κ2) is 7.10. The Balaban J connectivity index is 1.79. The lowest BCUT2D eigenvalue weighted by atomic mass is 9.79. The van der Waals surface area contributed by atoms with Gasteiger partial charge in [-0.05, 0) is 49.0 Å². The van der Waals surface area contributed by atoms with Crippen molar-refractivity contribution in [1.82, 2.24) is 0 Å². The Hall–Kier alpha value is -0.930. The fraction of sp³-hybridized carbons (Fsp3) is 0.579. The van der Waals surface area contributed by atoms with Crippen molar-refractivity contribution in [2.24, 2.45) is 5.92 Å². The van der Waals surface area contributed by atoms with Crippen molar-refractivity contribution in [3.8, 4) is 0 Å². The van der Waals surface area contributed by atoms with Crippen molar-refractivity contribution >= 4 is 21.4 Å². The molecule has 0 N–H and O–H groups in total. The molecular weight excluding hydrogens is 295 g/mol. The van der Waals surface area contributed by atoms with E-state index in [1.807, 2.05) is 12.1 Å². The van der Waals surface area contributed by atoms with Gasteiger partial charge in [-0.25, -0.2) is 4.39 Å². The van der Waals surface area contributed by atoms with Gasteiger partial charge >= 0.3 is 0 Å². The van der Waals surface area contributed by atoms with Crippen molar-refractivity contribution < 1.29 is 9.13 Å². The van der Waals surface area contributed by atoms with Crippen LogP contribution in [0.1, 0.15) is 61.8 Å². The maximum absolute atomic E-state index is 14.5. The molecule has 1 aliphatic carbocycles. The van der Waals surface area contributed by atoms with Crippen molar-refractivity contribution in [3.63, 3.8) is 0 Å². The zero-order valence-corrected chi connectivity index (χ0v) is 14.3. The third kappa shape index (κ3) is 3.21. The van der Waals surface area contributed by atoms with Crippen molar-refractivity contribution in [2.75, 3.05) is 7.11 Å². The molecule has 0 unspecified atom stereocenters. The molecule has 0 atom stereocenters. The standard InChI is InChI=1S/C19H25FOS/c1-3-4-13-5-7-14(8-6-13)17-11-15-9-10-16(12-21-2)18(20)19(15)22-17/h9-11,13-14H,3-8,12H2,1-2H3. The number of hydrogen-bond acceptors (Lipinski definition) is 2. The lowest BCUT2D eigenvalue weighted by Gasteiger charge is -2.27. The predicted molar refractivity (Wildman–Crippen MR) is 92.1 cm³/mol.